The van der Waals surface area contributed by atoms with Gasteiger partial charge in [-0.3, -0.25) is 4.79 Å². The second-order valence-electron chi connectivity index (χ2n) is 5.54. The minimum Gasteiger partial charge on any atom is -0.435 e. The Morgan fingerprint density at radius 2 is 2.00 bits per heavy atom. The molecule has 0 bridgehead atoms. The number of aromatic nitrogens is 2. The quantitative estimate of drug-likeness (QED) is 0.654. The van der Waals surface area contributed by atoms with Crippen molar-refractivity contribution in [3.8, 4) is 17.2 Å². The van der Waals surface area contributed by atoms with E-state index in [0.29, 0.717) is 22.7 Å². The lowest BCUT2D eigenvalue weighted by atomic mass is 10.1. The highest BCUT2D eigenvalue weighted by Gasteiger charge is 2.08. The lowest BCUT2D eigenvalue weighted by Gasteiger charge is -2.08. The van der Waals surface area contributed by atoms with Crippen molar-refractivity contribution in [1.29, 1.82) is 0 Å². The van der Waals surface area contributed by atoms with Crippen molar-refractivity contribution in [1.82, 2.24) is 10.2 Å². The highest BCUT2D eigenvalue weighted by atomic mass is 19.3. The van der Waals surface area contributed by atoms with Crippen LogP contribution in [0.15, 0.2) is 59.4 Å². The van der Waals surface area contributed by atoms with E-state index in [0.717, 1.165) is 5.56 Å². The number of benzene rings is 2. The summed E-state index contributed by atoms with van der Waals surface area (Å²) in [5, 5.41) is 10.2. The monoisotopic (exact) mass is 371 g/mol. The standard InChI is InChI=1S/C19H15F2N3O3/c1-12-2-6-14(18-24-22-11-26-18)10-16(12)23-17(25)9-5-13-3-7-15(8-4-13)27-19(20)21/h2-11,19H,1H3,(H,23,25)/b9-5+. The van der Waals surface area contributed by atoms with E-state index in [-0.39, 0.29) is 11.7 Å². The molecule has 8 heteroatoms. The van der Waals surface area contributed by atoms with Crippen LogP contribution in [0.2, 0.25) is 0 Å². The summed E-state index contributed by atoms with van der Waals surface area (Å²) in [6.45, 7) is -1.01. The Balaban J connectivity index is 1.67. The predicted molar refractivity (Wildman–Crippen MR) is 95.2 cm³/mol. The largest absolute Gasteiger partial charge is 0.435 e. The Morgan fingerprint density at radius 1 is 1.22 bits per heavy atom. The highest BCUT2D eigenvalue weighted by Crippen LogP contribution is 2.24. The molecule has 0 aliphatic rings. The van der Waals surface area contributed by atoms with Gasteiger partial charge in [-0.05, 0) is 48.4 Å². The van der Waals surface area contributed by atoms with Gasteiger partial charge in [-0.2, -0.15) is 8.78 Å². The van der Waals surface area contributed by atoms with Crippen LogP contribution >= 0.6 is 0 Å². The number of anilines is 1. The molecule has 3 aromatic rings. The molecular weight excluding hydrogens is 356 g/mol. The van der Waals surface area contributed by atoms with Crippen LogP contribution in [0.3, 0.4) is 0 Å². The zero-order valence-electron chi connectivity index (χ0n) is 14.2. The maximum Gasteiger partial charge on any atom is 0.387 e. The van der Waals surface area contributed by atoms with E-state index >= 15 is 0 Å². The number of hydrogen-bond acceptors (Lipinski definition) is 5. The molecule has 0 unspecified atom stereocenters. The van der Waals surface area contributed by atoms with Crippen molar-refractivity contribution in [2.75, 3.05) is 5.32 Å². The average molecular weight is 371 g/mol. The van der Waals surface area contributed by atoms with Crippen molar-refractivity contribution in [2.24, 2.45) is 0 Å². The van der Waals surface area contributed by atoms with Crippen LogP contribution in [-0.4, -0.2) is 22.7 Å². The molecular formula is C19H15F2N3O3. The SMILES string of the molecule is Cc1ccc(-c2nnco2)cc1NC(=O)/C=C/c1ccc(OC(F)F)cc1. The molecule has 6 nitrogen and oxygen atoms in total. The number of halogens is 2. The van der Waals surface area contributed by atoms with Crippen LogP contribution in [0.1, 0.15) is 11.1 Å². The summed E-state index contributed by atoms with van der Waals surface area (Å²) >= 11 is 0. The molecule has 0 aliphatic heterocycles. The van der Waals surface area contributed by atoms with Gasteiger partial charge >= 0.3 is 6.61 Å². The first-order chi connectivity index (χ1) is 13.0. The van der Waals surface area contributed by atoms with Gasteiger partial charge in [0, 0.05) is 17.3 Å². The molecule has 0 aliphatic carbocycles. The van der Waals surface area contributed by atoms with E-state index < -0.39 is 6.61 Å². The summed E-state index contributed by atoms with van der Waals surface area (Å²) in [7, 11) is 0. The first kappa shape index (κ1) is 18.2. The molecule has 0 fully saturated rings. The number of carbonyl (C=O) groups excluding carboxylic acids is 1. The summed E-state index contributed by atoms with van der Waals surface area (Å²) in [5.41, 5.74) is 2.84. The van der Waals surface area contributed by atoms with Crippen LogP contribution in [-0.2, 0) is 4.79 Å². The van der Waals surface area contributed by atoms with Gasteiger partial charge in [-0.1, -0.05) is 18.2 Å². The third kappa shape index (κ3) is 4.97. The van der Waals surface area contributed by atoms with E-state index in [1.54, 1.807) is 24.3 Å². The smallest absolute Gasteiger partial charge is 0.387 e. The molecule has 0 saturated heterocycles. The number of hydrogen-bond donors (Lipinski definition) is 1. The molecule has 0 atom stereocenters. The Morgan fingerprint density at radius 3 is 2.67 bits per heavy atom. The van der Waals surface area contributed by atoms with Crippen LogP contribution in [0.4, 0.5) is 14.5 Å². The maximum absolute atomic E-state index is 12.2. The van der Waals surface area contributed by atoms with Gasteiger partial charge in [-0.25, -0.2) is 0 Å². The molecule has 2 aromatic carbocycles. The van der Waals surface area contributed by atoms with Crippen LogP contribution in [0.5, 0.6) is 5.75 Å². The molecule has 1 amide bonds. The second-order valence-corrected chi connectivity index (χ2v) is 5.54. The zero-order valence-corrected chi connectivity index (χ0v) is 14.2. The van der Waals surface area contributed by atoms with Gasteiger partial charge in [-0.15, -0.1) is 10.2 Å². The van der Waals surface area contributed by atoms with Crippen molar-refractivity contribution in [3.63, 3.8) is 0 Å². The third-order valence-corrected chi connectivity index (χ3v) is 3.63. The minimum atomic E-state index is -2.87. The van der Waals surface area contributed by atoms with E-state index in [2.05, 4.69) is 20.3 Å². The summed E-state index contributed by atoms with van der Waals surface area (Å²) in [4.78, 5) is 12.2. The van der Waals surface area contributed by atoms with Crippen LogP contribution < -0.4 is 10.1 Å². The van der Waals surface area contributed by atoms with Crippen molar-refractivity contribution < 1.29 is 22.7 Å². The predicted octanol–water partition coefficient (Wildman–Crippen LogP) is 4.30. The third-order valence-electron chi connectivity index (χ3n) is 3.63. The van der Waals surface area contributed by atoms with Gasteiger partial charge in [0.1, 0.15) is 5.75 Å². The molecule has 1 heterocycles. The fourth-order valence-electron chi connectivity index (χ4n) is 2.30. The molecule has 3 rings (SSSR count). The number of carbonyl (C=O) groups is 1. The summed E-state index contributed by atoms with van der Waals surface area (Å²) < 4.78 is 33.7. The van der Waals surface area contributed by atoms with Crippen LogP contribution in [0.25, 0.3) is 17.5 Å². The molecule has 0 spiro atoms. The van der Waals surface area contributed by atoms with E-state index in [1.807, 2.05) is 19.1 Å². The van der Waals surface area contributed by atoms with Gasteiger partial charge in [0.05, 0.1) is 0 Å². The van der Waals surface area contributed by atoms with Crippen LogP contribution in [0, 0.1) is 6.92 Å². The number of rotatable bonds is 6. The average Bonchev–Trinajstić information content (AvgIpc) is 3.17. The summed E-state index contributed by atoms with van der Waals surface area (Å²) in [5.74, 6) is 0.0703. The fourth-order valence-corrected chi connectivity index (χ4v) is 2.30. The molecule has 1 aromatic heterocycles. The molecule has 0 saturated carbocycles. The van der Waals surface area contributed by atoms with E-state index in [9.17, 15) is 13.6 Å². The maximum atomic E-state index is 12.2. The highest BCUT2D eigenvalue weighted by molar-refractivity contribution is 6.02. The summed E-state index contributed by atoms with van der Waals surface area (Å²) in [6, 6.07) is 11.3. The summed E-state index contributed by atoms with van der Waals surface area (Å²) in [6.07, 6.45) is 4.15. The van der Waals surface area contributed by atoms with E-state index in [1.165, 1.54) is 24.6 Å². The number of amides is 1. The Hall–Kier alpha value is -3.55. The number of nitrogens with one attached hydrogen (secondary N) is 1. The van der Waals surface area contributed by atoms with Crippen molar-refractivity contribution >= 4 is 17.7 Å². The number of aryl methyl sites for hydroxylation is 1. The lowest BCUT2D eigenvalue weighted by molar-refractivity contribution is -0.111. The first-order valence-corrected chi connectivity index (χ1v) is 7.92. The van der Waals surface area contributed by atoms with Crippen molar-refractivity contribution in [2.45, 2.75) is 13.5 Å². The Kier molecular flexibility index (Phi) is 5.55. The van der Waals surface area contributed by atoms with Gasteiger partial charge in [0.15, 0.2) is 0 Å². The first-order valence-electron chi connectivity index (χ1n) is 7.92. The fraction of sp³-hybridized carbons (Fsp3) is 0.105. The second kappa shape index (κ2) is 8.22. The lowest BCUT2D eigenvalue weighted by Crippen LogP contribution is -2.09. The minimum absolute atomic E-state index is 0.0556. The molecule has 0 radical (unpaired) electrons. The number of alkyl halides is 2. The van der Waals surface area contributed by atoms with Gasteiger partial charge < -0.3 is 14.5 Å². The Labute approximate surface area is 153 Å². The normalized spacial score (nSPS) is 11.1. The molecule has 1 N–H and O–H groups in total. The molecule has 138 valence electrons. The van der Waals surface area contributed by atoms with Crippen molar-refractivity contribution in [3.05, 3.63) is 66.1 Å². The van der Waals surface area contributed by atoms with Gasteiger partial charge in [0.25, 0.3) is 0 Å². The molecule has 27 heavy (non-hydrogen) atoms. The van der Waals surface area contributed by atoms with Gasteiger partial charge in [0.2, 0.25) is 18.2 Å². The Bertz CT molecular complexity index is 939. The zero-order chi connectivity index (χ0) is 19.2. The topological polar surface area (TPSA) is 77.3 Å². The number of nitrogens with zero attached hydrogens (tertiary/aromatic N) is 2. The van der Waals surface area contributed by atoms with E-state index in [4.69, 9.17) is 4.42 Å². The number of ether oxygens (including phenoxy) is 1.